The zero-order valence-corrected chi connectivity index (χ0v) is 10.7. The van der Waals surface area contributed by atoms with Gasteiger partial charge in [0.05, 0.1) is 5.52 Å². The summed E-state index contributed by atoms with van der Waals surface area (Å²) < 4.78 is 0. The molecule has 0 bridgehead atoms. The van der Waals surface area contributed by atoms with E-state index >= 15 is 0 Å². The molecule has 19 heavy (non-hydrogen) atoms. The summed E-state index contributed by atoms with van der Waals surface area (Å²) in [6.45, 7) is 2.02. The molecule has 100 valence electrons. The minimum absolute atomic E-state index is 0.252. The second-order valence-electron chi connectivity index (χ2n) is 4.30. The number of aromatic nitrogens is 3. The normalized spacial score (nSPS) is 12.3. The van der Waals surface area contributed by atoms with Gasteiger partial charge in [-0.15, -0.1) is 10.2 Å². The van der Waals surface area contributed by atoms with Gasteiger partial charge in [0.2, 0.25) is 5.95 Å². The van der Waals surface area contributed by atoms with E-state index in [1.807, 2.05) is 31.2 Å². The van der Waals surface area contributed by atoms with E-state index in [0.29, 0.717) is 17.5 Å². The molecule has 6 nitrogen and oxygen atoms in total. The molecule has 0 fully saturated rings. The minimum Gasteiger partial charge on any atom is -0.480 e. The van der Waals surface area contributed by atoms with Gasteiger partial charge in [-0.25, -0.2) is 9.78 Å². The third kappa shape index (κ3) is 3.37. The first kappa shape index (κ1) is 13.2. The number of anilines is 1. The summed E-state index contributed by atoms with van der Waals surface area (Å²) in [4.78, 5) is 15.4. The Morgan fingerprint density at radius 2 is 2.05 bits per heavy atom. The number of carboxylic acid groups (broad SMARTS) is 1. The van der Waals surface area contributed by atoms with Crippen LogP contribution >= 0.6 is 0 Å². The number of hydrogen-bond donors (Lipinski definition) is 2. The Balaban J connectivity index is 2.16. The maximum Gasteiger partial charge on any atom is 0.326 e. The summed E-state index contributed by atoms with van der Waals surface area (Å²) in [7, 11) is 0. The Morgan fingerprint density at radius 3 is 2.74 bits per heavy atom. The number of hydrogen-bond acceptors (Lipinski definition) is 5. The summed E-state index contributed by atoms with van der Waals surface area (Å²) in [5.74, 6) is -0.646. The fourth-order valence-corrected chi connectivity index (χ4v) is 1.76. The lowest BCUT2D eigenvalue weighted by atomic mass is 10.1. The molecule has 0 saturated carbocycles. The highest BCUT2D eigenvalue weighted by Gasteiger charge is 2.17. The van der Waals surface area contributed by atoms with Crippen molar-refractivity contribution < 1.29 is 9.90 Å². The Kier molecular flexibility index (Phi) is 4.22. The van der Waals surface area contributed by atoms with Crippen LogP contribution in [0.2, 0.25) is 0 Å². The van der Waals surface area contributed by atoms with E-state index < -0.39 is 12.0 Å². The lowest BCUT2D eigenvalue weighted by Crippen LogP contribution is -2.30. The average Bonchev–Trinajstić information content (AvgIpc) is 2.43. The number of nitrogens with zero attached hydrogens (tertiary/aromatic N) is 3. The van der Waals surface area contributed by atoms with Crippen LogP contribution in [0.3, 0.4) is 0 Å². The maximum absolute atomic E-state index is 11.1. The number of carboxylic acids is 1. The third-order valence-electron chi connectivity index (χ3n) is 2.81. The van der Waals surface area contributed by atoms with Crippen molar-refractivity contribution in [1.29, 1.82) is 0 Å². The number of unbranched alkanes of at least 4 members (excludes halogenated alkanes) is 1. The highest BCUT2D eigenvalue weighted by atomic mass is 16.4. The Labute approximate surface area is 110 Å². The molecule has 1 aromatic heterocycles. The number of nitrogens with one attached hydrogen (secondary N) is 1. The van der Waals surface area contributed by atoms with E-state index in [0.717, 1.165) is 12.8 Å². The second-order valence-corrected chi connectivity index (χ2v) is 4.30. The molecule has 0 amide bonds. The van der Waals surface area contributed by atoms with Gasteiger partial charge in [0.1, 0.15) is 11.6 Å². The van der Waals surface area contributed by atoms with E-state index in [9.17, 15) is 4.79 Å². The van der Waals surface area contributed by atoms with Crippen molar-refractivity contribution in [2.45, 2.75) is 32.2 Å². The van der Waals surface area contributed by atoms with Crippen LogP contribution in [0.1, 0.15) is 26.2 Å². The Bertz CT molecular complexity index is 573. The van der Waals surface area contributed by atoms with Crippen molar-refractivity contribution in [1.82, 2.24) is 15.2 Å². The predicted molar refractivity (Wildman–Crippen MR) is 71.9 cm³/mol. The fourth-order valence-electron chi connectivity index (χ4n) is 1.76. The van der Waals surface area contributed by atoms with Crippen LogP contribution in [0.15, 0.2) is 24.3 Å². The molecule has 2 aromatic rings. The highest BCUT2D eigenvalue weighted by molar-refractivity contribution is 5.77. The summed E-state index contributed by atoms with van der Waals surface area (Å²) in [5, 5.41) is 19.9. The minimum atomic E-state index is -0.898. The van der Waals surface area contributed by atoms with Crippen molar-refractivity contribution in [3.63, 3.8) is 0 Å². The van der Waals surface area contributed by atoms with Gasteiger partial charge < -0.3 is 10.4 Å². The Morgan fingerprint density at radius 1 is 1.32 bits per heavy atom. The van der Waals surface area contributed by atoms with Gasteiger partial charge in [-0.1, -0.05) is 31.9 Å². The van der Waals surface area contributed by atoms with Gasteiger partial charge in [0.15, 0.2) is 0 Å². The summed E-state index contributed by atoms with van der Waals surface area (Å²) in [5.41, 5.74) is 1.38. The number of fused-ring (bicyclic) bond motifs is 1. The van der Waals surface area contributed by atoms with Gasteiger partial charge in [-0.2, -0.15) is 0 Å². The zero-order valence-electron chi connectivity index (χ0n) is 10.7. The van der Waals surface area contributed by atoms with Crippen molar-refractivity contribution in [2.24, 2.45) is 0 Å². The van der Waals surface area contributed by atoms with E-state index in [4.69, 9.17) is 5.11 Å². The summed E-state index contributed by atoms with van der Waals surface area (Å²) in [6.07, 6.45) is 2.33. The molecule has 2 rings (SSSR count). The molecule has 0 radical (unpaired) electrons. The first-order chi connectivity index (χ1) is 9.20. The molecule has 0 aliphatic heterocycles. The van der Waals surface area contributed by atoms with Crippen molar-refractivity contribution in [2.75, 3.05) is 5.32 Å². The first-order valence-corrected chi connectivity index (χ1v) is 6.29. The monoisotopic (exact) mass is 260 g/mol. The van der Waals surface area contributed by atoms with Crippen molar-refractivity contribution in [3.05, 3.63) is 24.3 Å². The van der Waals surface area contributed by atoms with Gasteiger partial charge >= 0.3 is 5.97 Å². The smallest absolute Gasteiger partial charge is 0.326 e. The van der Waals surface area contributed by atoms with Crippen LogP contribution in [-0.4, -0.2) is 32.3 Å². The molecule has 1 heterocycles. The van der Waals surface area contributed by atoms with Crippen LogP contribution in [0.4, 0.5) is 5.95 Å². The molecule has 6 heteroatoms. The quantitative estimate of drug-likeness (QED) is 0.826. The number of rotatable bonds is 6. The van der Waals surface area contributed by atoms with Crippen LogP contribution in [0.5, 0.6) is 0 Å². The SMILES string of the molecule is CCCCC(Nc1nnc2ccccc2n1)C(=O)O. The number of benzene rings is 1. The van der Waals surface area contributed by atoms with Gasteiger partial charge in [0, 0.05) is 0 Å². The molecule has 1 unspecified atom stereocenters. The van der Waals surface area contributed by atoms with Crippen LogP contribution in [0, 0.1) is 0 Å². The molecule has 0 spiro atoms. The van der Waals surface area contributed by atoms with Crippen LogP contribution < -0.4 is 5.32 Å². The van der Waals surface area contributed by atoms with E-state index in [1.54, 1.807) is 0 Å². The molecule has 0 saturated heterocycles. The molecule has 1 atom stereocenters. The third-order valence-corrected chi connectivity index (χ3v) is 2.81. The van der Waals surface area contributed by atoms with Crippen molar-refractivity contribution in [3.8, 4) is 0 Å². The summed E-state index contributed by atoms with van der Waals surface area (Å²) in [6, 6.07) is 6.66. The second kappa shape index (κ2) is 6.08. The van der Waals surface area contributed by atoms with E-state index in [2.05, 4.69) is 20.5 Å². The first-order valence-electron chi connectivity index (χ1n) is 6.29. The standard InChI is InChI=1S/C13H16N4O2/c1-2-3-6-11(12(18)19)15-13-14-9-7-4-5-8-10(9)16-17-13/h4-5,7-8,11H,2-3,6H2,1H3,(H,18,19)(H,14,15,17). The van der Waals surface area contributed by atoms with E-state index in [-0.39, 0.29) is 5.95 Å². The zero-order chi connectivity index (χ0) is 13.7. The highest BCUT2D eigenvalue weighted by Crippen LogP contribution is 2.11. The molecule has 0 aliphatic rings. The maximum atomic E-state index is 11.1. The fraction of sp³-hybridized carbons (Fsp3) is 0.385. The van der Waals surface area contributed by atoms with Gasteiger partial charge in [0.25, 0.3) is 0 Å². The predicted octanol–water partition coefficient (Wildman–Crippen LogP) is 2.08. The molecular formula is C13H16N4O2. The van der Waals surface area contributed by atoms with E-state index in [1.165, 1.54) is 0 Å². The molecule has 2 N–H and O–H groups in total. The summed E-state index contributed by atoms with van der Waals surface area (Å²) >= 11 is 0. The number of para-hydroxylation sites is 1. The molecule has 1 aromatic carbocycles. The lowest BCUT2D eigenvalue weighted by molar-refractivity contribution is -0.138. The van der Waals surface area contributed by atoms with Crippen LogP contribution in [0.25, 0.3) is 11.0 Å². The van der Waals surface area contributed by atoms with Crippen LogP contribution in [-0.2, 0) is 4.79 Å². The number of carbonyl (C=O) groups is 1. The van der Waals surface area contributed by atoms with Crippen molar-refractivity contribution >= 4 is 23.0 Å². The van der Waals surface area contributed by atoms with Gasteiger partial charge in [-0.3, -0.25) is 0 Å². The Hall–Kier alpha value is -2.24. The van der Waals surface area contributed by atoms with Gasteiger partial charge in [-0.05, 0) is 18.6 Å². The molecule has 0 aliphatic carbocycles. The topological polar surface area (TPSA) is 88.0 Å². The average molecular weight is 260 g/mol. The number of aliphatic carboxylic acids is 1. The largest absolute Gasteiger partial charge is 0.480 e. The lowest BCUT2D eigenvalue weighted by Gasteiger charge is -2.13. The molecular weight excluding hydrogens is 244 g/mol.